The van der Waals surface area contributed by atoms with Crippen LogP contribution in [0.15, 0.2) is 92.3 Å². The van der Waals surface area contributed by atoms with Crippen LogP contribution in [0.5, 0.6) is 0 Å². The van der Waals surface area contributed by atoms with Gasteiger partial charge in [-0.1, -0.05) is 102 Å². The van der Waals surface area contributed by atoms with E-state index in [1.54, 1.807) is 0 Å². The summed E-state index contributed by atoms with van der Waals surface area (Å²) in [5.74, 6) is 0.393. The van der Waals surface area contributed by atoms with Crippen molar-refractivity contribution in [2.24, 2.45) is 0 Å². The highest BCUT2D eigenvalue weighted by Gasteiger charge is 2.34. The second-order valence-corrected chi connectivity index (χ2v) is 14.9. The quantitative estimate of drug-likeness (QED) is 0.191. The minimum atomic E-state index is -0.428. The predicted molar refractivity (Wildman–Crippen MR) is 185 cm³/mol. The number of halogens is 3. The van der Waals surface area contributed by atoms with Crippen LogP contribution in [0.25, 0.3) is 22.3 Å². The molecule has 1 fully saturated rings. The van der Waals surface area contributed by atoms with Gasteiger partial charge in [-0.05, 0) is 81.6 Å². The molecule has 0 unspecified atom stereocenters. The Bertz CT molecular complexity index is 1610. The van der Waals surface area contributed by atoms with E-state index in [9.17, 15) is 10.2 Å². The molecule has 2 aliphatic carbocycles. The summed E-state index contributed by atoms with van der Waals surface area (Å²) < 4.78 is 3.19. The molecule has 3 atom stereocenters. The Kier molecular flexibility index (Phi) is 8.68. The third-order valence-corrected chi connectivity index (χ3v) is 11.1. The zero-order valence-corrected chi connectivity index (χ0v) is 28.7. The SMILES string of the molecule is O[C@@H](CC1c2ccccc2-c2ccccc21)CN1CCN(C[C@@H](O)C[C@@H]2c3ccc(Br)cc3-c3cc(Br)cc(Br)c32)CC1. The van der Waals surface area contributed by atoms with Crippen LogP contribution in [0.3, 0.4) is 0 Å². The number of hydrogen-bond donors (Lipinski definition) is 2. The van der Waals surface area contributed by atoms with Crippen LogP contribution in [0.2, 0.25) is 0 Å². The maximum absolute atomic E-state index is 11.3. The van der Waals surface area contributed by atoms with Crippen LogP contribution < -0.4 is 0 Å². The number of rotatable bonds is 8. The average Bonchev–Trinajstić information content (AvgIpc) is 3.46. The molecule has 4 aromatic rings. The Morgan fingerprint density at radius 3 is 1.70 bits per heavy atom. The van der Waals surface area contributed by atoms with E-state index in [4.69, 9.17) is 0 Å². The second kappa shape index (κ2) is 12.5. The third kappa shape index (κ3) is 5.95. The summed E-state index contributed by atoms with van der Waals surface area (Å²) in [6.45, 7) is 4.97. The van der Waals surface area contributed by atoms with Gasteiger partial charge in [0.2, 0.25) is 0 Å². The molecule has 7 heteroatoms. The molecule has 222 valence electrons. The standard InChI is InChI=1S/C36H35Br3N2O2/c37-22-9-10-30-31(15-22)33-16-23(38)17-35(39)36(33)34(30)19-25(43)21-41-13-11-40(12-14-41)20-24(42)18-32-28-7-3-1-5-26(28)27-6-2-4-8-29(27)32/h1-10,15-17,24-25,32,34,42-43H,11-14,18-21H2/t24-,25-,34+/m0/s1. The van der Waals surface area contributed by atoms with Gasteiger partial charge in [0, 0.05) is 64.5 Å². The van der Waals surface area contributed by atoms with Gasteiger partial charge in [-0.3, -0.25) is 9.80 Å². The maximum Gasteiger partial charge on any atom is 0.0676 e. The molecular weight excluding hydrogens is 732 g/mol. The van der Waals surface area contributed by atoms with Gasteiger partial charge >= 0.3 is 0 Å². The minimum Gasteiger partial charge on any atom is -0.392 e. The normalized spacial score (nSPS) is 19.5. The molecule has 1 heterocycles. The molecule has 4 nitrogen and oxygen atoms in total. The van der Waals surface area contributed by atoms with Crippen molar-refractivity contribution in [3.8, 4) is 22.3 Å². The molecule has 2 N–H and O–H groups in total. The number of benzene rings is 4. The summed E-state index contributed by atoms with van der Waals surface area (Å²) in [5, 5.41) is 22.5. The third-order valence-electron chi connectivity index (χ3n) is 9.50. The van der Waals surface area contributed by atoms with Gasteiger partial charge in [0.1, 0.15) is 0 Å². The molecule has 0 saturated carbocycles. The topological polar surface area (TPSA) is 46.9 Å². The highest BCUT2D eigenvalue weighted by molar-refractivity contribution is 9.11. The first kappa shape index (κ1) is 29.8. The molecule has 3 aliphatic rings. The first-order valence-electron chi connectivity index (χ1n) is 15.1. The van der Waals surface area contributed by atoms with Crippen LogP contribution >= 0.6 is 47.8 Å². The Morgan fingerprint density at radius 2 is 1.09 bits per heavy atom. The van der Waals surface area contributed by atoms with Gasteiger partial charge in [-0.25, -0.2) is 0 Å². The second-order valence-electron chi connectivity index (χ2n) is 12.2. The summed E-state index contributed by atoms with van der Waals surface area (Å²) in [6, 6.07) is 28.1. The van der Waals surface area contributed by atoms with Crippen molar-refractivity contribution < 1.29 is 10.2 Å². The molecular formula is C36H35Br3N2O2. The maximum atomic E-state index is 11.3. The van der Waals surface area contributed by atoms with Crippen LogP contribution in [0.4, 0.5) is 0 Å². The Hall–Kier alpha value is -1.84. The number of aliphatic hydroxyl groups is 2. The number of piperazine rings is 1. The Labute approximate surface area is 279 Å². The molecule has 0 aromatic heterocycles. The average molecular weight is 767 g/mol. The fourth-order valence-electron chi connectivity index (χ4n) is 7.59. The monoisotopic (exact) mass is 764 g/mol. The lowest BCUT2D eigenvalue weighted by molar-refractivity contribution is 0.0429. The Balaban J connectivity index is 0.946. The molecule has 0 amide bonds. The fourth-order valence-corrected chi connectivity index (χ4v) is 9.45. The minimum absolute atomic E-state index is 0.151. The van der Waals surface area contributed by atoms with Crippen molar-refractivity contribution in [3.05, 3.63) is 115 Å². The largest absolute Gasteiger partial charge is 0.392 e. The molecule has 1 saturated heterocycles. The lowest BCUT2D eigenvalue weighted by Gasteiger charge is -2.37. The Morgan fingerprint density at radius 1 is 0.581 bits per heavy atom. The first-order chi connectivity index (χ1) is 20.9. The van der Waals surface area contributed by atoms with Gasteiger partial charge in [-0.2, -0.15) is 0 Å². The predicted octanol–water partition coefficient (Wildman–Crippen LogP) is 8.02. The van der Waals surface area contributed by atoms with Gasteiger partial charge in [0.15, 0.2) is 0 Å². The van der Waals surface area contributed by atoms with E-state index >= 15 is 0 Å². The van der Waals surface area contributed by atoms with Crippen molar-refractivity contribution in [2.75, 3.05) is 39.3 Å². The number of fused-ring (bicyclic) bond motifs is 6. The summed E-state index contributed by atoms with van der Waals surface area (Å²) in [7, 11) is 0. The van der Waals surface area contributed by atoms with E-state index in [-0.39, 0.29) is 17.9 Å². The highest BCUT2D eigenvalue weighted by atomic mass is 79.9. The molecule has 0 spiro atoms. The number of β-amino-alcohol motifs (C(OH)–C–C–N with tert-alkyl or cyclic N) is 2. The van der Waals surface area contributed by atoms with E-state index in [0.717, 1.165) is 46.0 Å². The molecule has 0 radical (unpaired) electrons. The van der Waals surface area contributed by atoms with Gasteiger partial charge in [0.05, 0.1) is 12.2 Å². The van der Waals surface area contributed by atoms with Crippen LogP contribution in [0, 0.1) is 0 Å². The zero-order chi connectivity index (χ0) is 29.7. The summed E-state index contributed by atoms with van der Waals surface area (Å²) in [6.07, 6.45) is 0.607. The molecule has 1 aliphatic heterocycles. The van der Waals surface area contributed by atoms with Crippen molar-refractivity contribution in [1.82, 2.24) is 9.80 Å². The van der Waals surface area contributed by atoms with Crippen LogP contribution in [0.1, 0.15) is 46.9 Å². The van der Waals surface area contributed by atoms with Crippen molar-refractivity contribution in [1.29, 1.82) is 0 Å². The van der Waals surface area contributed by atoms with Crippen LogP contribution in [-0.4, -0.2) is 71.5 Å². The van der Waals surface area contributed by atoms with Crippen molar-refractivity contribution in [3.63, 3.8) is 0 Å². The summed E-state index contributed by atoms with van der Waals surface area (Å²) >= 11 is 11.1. The number of hydrogen-bond acceptors (Lipinski definition) is 4. The van der Waals surface area contributed by atoms with E-state index in [1.807, 2.05) is 0 Å². The van der Waals surface area contributed by atoms with E-state index in [0.29, 0.717) is 19.5 Å². The van der Waals surface area contributed by atoms with Gasteiger partial charge in [-0.15, -0.1) is 0 Å². The van der Waals surface area contributed by atoms with Gasteiger partial charge < -0.3 is 10.2 Å². The summed E-state index contributed by atoms with van der Waals surface area (Å²) in [4.78, 5) is 4.77. The van der Waals surface area contributed by atoms with Crippen molar-refractivity contribution in [2.45, 2.75) is 36.9 Å². The molecule has 0 bridgehead atoms. The lowest BCUT2D eigenvalue weighted by Crippen LogP contribution is -2.50. The van der Waals surface area contributed by atoms with E-state index in [2.05, 4.69) is 136 Å². The summed E-state index contributed by atoms with van der Waals surface area (Å²) in [5.41, 5.74) is 10.3. The molecule has 4 aromatic carbocycles. The lowest BCUT2D eigenvalue weighted by atomic mass is 9.90. The highest BCUT2D eigenvalue weighted by Crippen LogP contribution is 2.51. The van der Waals surface area contributed by atoms with Crippen LogP contribution in [-0.2, 0) is 0 Å². The van der Waals surface area contributed by atoms with E-state index in [1.165, 1.54) is 44.5 Å². The zero-order valence-electron chi connectivity index (χ0n) is 23.9. The smallest absolute Gasteiger partial charge is 0.0676 e. The van der Waals surface area contributed by atoms with Crippen molar-refractivity contribution >= 4 is 47.8 Å². The van der Waals surface area contributed by atoms with Gasteiger partial charge in [0.25, 0.3) is 0 Å². The van der Waals surface area contributed by atoms with E-state index < -0.39 is 6.10 Å². The number of nitrogens with zero attached hydrogens (tertiary/aromatic N) is 2. The fraction of sp³-hybridized carbons (Fsp3) is 0.333. The number of aliphatic hydroxyl groups excluding tert-OH is 2. The first-order valence-corrected chi connectivity index (χ1v) is 17.5. The molecule has 43 heavy (non-hydrogen) atoms. The molecule has 7 rings (SSSR count).